The number of carbonyl (C=O) groups is 1. The zero-order valence-corrected chi connectivity index (χ0v) is 13.9. The number of anilines is 2. The van der Waals surface area contributed by atoms with Crippen molar-refractivity contribution < 1.29 is 9.90 Å². The van der Waals surface area contributed by atoms with Crippen LogP contribution in [0.1, 0.15) is 28.5 Å². The molecule has 0 bridgehead atoms. The van der Waals surface area contributed by atoms with E-state index in [-0.39, 0.29) is 12.5 Å². The number of nitrogens with zero attached hydrogens (tertiary/aromatic N) is 2. The molecule has 0 radical (unpaired) electrons. The minimum Gasteiger partial charge on any atom is -0.395 e. The van der Waals surface area contributed by atoms with Gasteiger partial charge in [-0.05, 0) is 44.0 Å². The Morgan fingerprint density at radius 2 is 2.14 bits per heavy atom. The normalized spacial score (nSPS) is 10.5. The highest BCUT2D eigenvalue weighted by Gasteiger charge is 2.17. The van der Waals surface area contributed by atoms with Crippen molar-refractivity contribution >= 4 is 28.1 Å². The molecule has 22 heavy (non-hydrogen) atoms. The molecule has 0 aliphatic rings. The number of benzene rings is 1. The van der Waals surface area contributed by atoms with Crippen LogP contribution in [0.25, 0.3) is 0 Å². The first-order chi connectivity index (χ1) is 10.5. The van der Waals surface area contributed by atoms with E-state index < -0.39 is 0 Å². The van der Waals surface area contributed by atoms with Gasteiger partial charge in [0.15, 0.2) is 5.13 Å². The van der Waals surface area contributed by atoms with Gasteiger partial charge in [-0.1, -0.05) is 6.07 Å². The Balaban J connectivity index is 2.10. The van der Waals surface area contributed by atoms with Gasteiger partial charge in [-0.2, -0.15) is 0 Å². The number of aryl methyl sites for hydroxylation is 2. The van der Waals surface area contributed by atoms with Crippen molar-refractivity contribution in [3.63, 3.8) is 0 Å². The Bertz CT molecular complexity index is 655. The summed E-state index contributed by atoms with van der Waals surface area (Å²) in [7, 11) is 0. The zero-order valence-electron chi connectivity index (χ0n) is 13.1. The first kappa shape index (κ1) is 16.5. The molecule has 1 heterocycles. The van der Waals surface area contributed by atoms with Crippen molar-refractivity contribution in [1.82, 2.24) is 9.88 Å². The van der Waals surface area contributed by atoms with E-state index in [9.17, 15) is 4.79 Å². The maximum atomic E-state index is 12.3. The number of thiazole rings is 1. The minimum absolute atomic E-state index is 0.0442. The van der Waals surface area contributed by atoms with Crippen LogP contribution in [0.4, 0.5) is 10.8 Å². The summed E-state index contributed by atoms with van der Waals surface area (Å²) in [5, 5.41) is 14.6. The van der Waals surface area contributed by atoms with Crippen LogP contribution in [0.15, 0.2) is 23.6 Å². The quantitative estimate of drug-likeness (QED) is 0.859. The third-order valence-electron chi connectivity index (χ3n) is 3.52. The highest BCUT2D eigenvalue weighted by atomic mass is 32.1. The lowest BCUT2D eigenvalue weighted by Crippen LogP contribution is -2.33. The molecule has 0 spiro atoms. The molecule has 118 valence electrons. The van der Waals surface area contributed by atoms with Crippen LogP contribution in [-0.2, 0) is 0 Å². The van der Waals surface area contributed by atoms with Crippen LogP contribution in [-0.4, -0.2) is 40.6 Å². The van der Waals surface area contributed by atoms with Gasteiger partial charge in [0, 0.05) is 24.2 Å². The summed E-state index contributed by atoms with van der Waals surface area (Å²) in [4.78, 5) is 18.2. The maximum Gasteiger partial charge on any atom is 0.273 e. The number of hydrogen-bond acceptors (Lipinski definition) is 5. The van der Waals surface area contributed by atoms with E-state index in [2.05, 4.69) is 36.3 Å². The van der Waals surface area contributed by atoms with Gasteiger partial charge in [0.25, 0.3) is 5.91 Å². The lowest BCUT2D eigenvalue weighted by Gasteiger charge is -2.18. The fourth-order valence-corrected chi connectivity index (χ4v) is 2.76. The minimum atomic E-state index is -0.152. The number of carbonyl (C=O) groups excluding carboxylic acids is 1. The molecule has 0 saturated carbocycles. The van der Waals surface area contributed by atoms with Crippen LogP contribution in [0.3, 0.4) is 0 Å². The summed E-state index contributed by atoms with van der Waals surface area (Å²) in [5.41, 5.74) is 3.81. The van der Waals surface area contributed by atoms with Gasteiger partial charge in [0.2, 0.25) is 0 Å². The largest absolute Gasteiger partial charge is 0.395 e. The van der Waals surface area contributed by atoms with E-state index >= 15 is 0 Å². The molecule has 0 aliphatic carbocycles. The van der Waals surface area contributed by atoms with Crippen LogP contribution < -0.4 is 5.32 Å². The first-order valence-electron chi connectivity index (χ1n) is 7.25. The lowest BCUT2D eigenvalue weighted by atomic mass is 10.1. The lowest BCUT2D eigenvalue weighted by molar-refractivity contribution is 0.0727. The van der Waals surface area contributed by atoms with Gasteiger partial charge >= 0.3 is 0 Å². The topological polar surface area (TPSA) is 65.5 Å². The predicted octanol–water partition coefficient (Wildman–Crippen LogP) is 2.96. The Morgan fingerprint density at radius 3 is 2.77 bits per heavy atom. The molecule has 1 aromatic heterocycles. The summed E-state index contributed by atoms with van der Waals surface area (Å²) >= 11 is 1.40. The number of aliphatic hydroxyl groups excluding tert-OH is 1. The van der Waals surface area contributed by atoms with E-state index in [0.29, 0.717) is 23.9 Å². The SMILES string of the molecule is CCN(CCO)C(=O)c1csc(Nc2ccc(C)c(C)c2)n1. The van der Waals surface area contributed by atoms with Crippen LogP contribution in [0.2, 0.25) is 0 Å². The van der Waals surface area contributed by atoms with E-state index in [4.69, 9.17) is 5.11 Å². The number of rotatable bonds is 6. The molecule has 0 saturated heterocycles. The van der Waals surface area contributed by atoms with Gasteiger partial charge in [-0.25, -0.2) is 4.98 Å². The average Bonchev–Trinajstić information content (AvgIpc) is 2.96. The molecule has 5 nitrogen and oxygen atoms in total. The average molecular weight is 319 g/mol. The maximum absolute atomic E-state index is 12.3. The Morgan fingerprint density at radius 1 is 1.36 bits per heavy atom. The van der Waals surface area contributed by atoms with E-state index in [1.807, 2.05) is 13.0 Å². The second-order valence-electron chi connectivity index (χ2n) is 5.07. The molecule has 2 N–H and O–H groups in total. The van der Waals surface area contributed by atoms with Crippen LogP contribution in [0, 0.1) is 13.8 Å². The Labute approximate surface area is 134 Å². The Hall–Kier alpha value is -1.92. The van der Waals surface area contributed by atoms with Gasteiger partial charge < -0.3 is 15.3 Å². The third kappa shape index (κ3) is 3.84. The highest BCUT2D eigenvalue weighted by molar-refractivity contribution is 7.14. The highest BCUT2D eigenvalue weighted by Crippen LogP contribution is 2.23. The first-order valence-corrected chi connectivity index (χ1v) is 8.13. The van der Waals surface area contributed by atoms with Gasteiger partial charge in [-0.3, -0.25) is 4.79 Å². The van der Waals surface area contributed by atoms with Gasteiger partial charge in [0.05, 0.1) is 6.61 Å². The molecule has 2 rings (SSSR count). The number of aromatic nitrogens is 1. The molecular formula is C16H21N3O2S. The fraction of sp³-hybridized carbons (Fsp3) is 0.375. The fourth-order valence-electron chi connectivity index (χ4n) is 2.06. The number of amides is 1. The summed E-state index contributed by atoms with van der Waals surface area (Å²) < 4.78 is 0. The zero-order chi connectivity index (χ0) is 16.1. The molecule has 0 unspecified atom stereocenters. The number of nitrogens with one attached hydrogen (secondary N) is 1. The van der Waals surface area contributed by atoms with Crippen LogP contribution in [0.5, 0.6) is 0 Å². The standard InChI is InChI=1S/C16H21N3O2S/c1-4-19(7-8-20)15(21)14-10-22-16(18-14)17-13-6-5-11(2)12(3)9-13/h5-6,9-10,20H,4,7-8H2,1-3H3,(H,17,18). The third-order valence-corrected chi connectivity index (χ3v) is 4.28. The van der Waals surface area contributed by atoms with Gasteiger partial charge in [-0.15, -0.1) is 11.3 Å². The predicted molar refractivity (Wildman–Crippen MR) is 90.0 cm³/mol. The van der Waals surface area contributed by atoms with Crippen LogP contribution >= 0.6 is 11.3 Å². The molecule has 1 aromatic carbocycles. The molecule has 2 aromatic rings. The summed E-state index contributed by atoms with van der Waals surface area (Å²) in [6, 6.07) is 6.11. The molecular weight excluding hydrogens is 298 g/mol. The van der Waals surface area contributed by atoms with E-state index in [0.717, 1.165) is 5.69 Å². The van der Waals surface area contributed by atoms with E-state index in [1.165, 1.54) is 22.5 Å². The van der Waals surface area contributed by atoms with E-state index in [1.54, 1.807) is 10.3 Å². The van der Waals surface area contributed by atoms with Crippen molar-refractivity contribution in [3.8, 4) is 0 Å². The summed E-state index contributed by atoms with van der Waals surface area (Å²) in [6.07, 6.45) is 0. The van der Waals surface area contributed by atoms with Crippen molar-refractivity contribution in [1.29, 1.82) is 0 Å². The summed E-state index contributed by atoms with van der Waals surface area (Å²) in [6.45, 7) is 6.85. The number of likely N-dealkylation sites (N-methyl/N-ethyl adjacent to an activating group) is 1. The Kier molecular flexibility index (Phi) is 5.51. The molecule has 0 fully saturated rings. The molecule has 6 heteroatoms. The van der Waals surface area contributed by atoms with Crippen molar-refractivity contribution in [2.45, 2.75) is 20.8 Å². The number of hydrogen-bond donors (Lipinski definition) is 2. The molecule has 1 amide bonds. The molecule has 0 aliphatic heterocycles. The van der Waals surface area contributed by atoms with Crippen molar-refractivity contribution in [2.24, 2.45) is 0 Å². The smallest absolute Gasteiger partial charge is 0.273 e. The van der Waals surface area contributed by atoms with Crippen molar-refractivity contribution in [3.05, 3.63) is 40.4 Å². The second-order valence-corrected chi connectivity index (χ2v) is 5.93. The molecule has 0 atom stereocenters. The number of aliphatic hydroxyl groups is 1. The van der Waals surface area contributed by atoms with Gasteiger partial charge in [0.1, 0.15) is 5.69 Å². The van der Waals surface area contributed by atoms with Crippen molar-refractivity contribution in [2.75, 3.05) is 25.0 Å². The second kappa shape index (κ2) is 7.38. The monoisotopic (exact) mass is 319 g/mol. The summed E-state index contributed by atoms with van der Waals surface area (Å²) in [5.74, 6) is -0.152.